The van der Waals surface area contributed by atoms with Crippen molar-refractivity contribution in [3.63, 3.8) is 0 Å². The van der Waals surface area contributed by atoms with Crippen molar-refractivity contribution in [1.82, 2.24) is 0 Å². The number of hydrogen-bond donors (Lipinski definition) is 0. The SMILES string of the molecule is CCOC(=O)[C@@H]1[C@H]2O[C@H](CO[Si](C(C)C)(C(C)C)C(C)C)[C@@H](O[Si](C(C)C)(C(C)C)C(C)C)[C@H](O[Si](C(C)C)(C(C)C)C(C)C)[C@@H]21. The van der Waals surface area contributed by atoms with E-state index in [-0.39, 0.29) is 42.2 Å². The molecule has 0 aromatic carbocycles. The van der Waals surface area contributed by atoms with Crippen molar-refractivity contribution in [2.45, 2.75) is 206 Å². The molecule has 0 amide bonds. The van der Waals surface area contributed by atoms with E-state index in [0.29, 0.717) is 63.1 Å². The van der Waals surface area contributed by atoms with Gasteiger partial charge in [-0.2, -0.15) is 0 Å². The molecule has 1 aliphatic heterocycles. The summed E-state index contributed by atoms with van der Waals surface area (Å²) < 4.78 is 35.6. The van der Waals surface area contributed by atoms with Crippen molar-refractivity contribution in [2.75, 3.05) is 13.2 Å². The largest absolute Gasteiger partial charge is 0.466 e. The van der Waals surface area contributed by atoms with Crippen molar-refractivity contribution in [1.29, 1.82) is 0 Å². The molecule has 2 aliphatic rings. The van der Waals surface area contributed by atoms with E-state index in [1.54, 1.807) is 0 Å². The number of carbonyl (C=O) groups is 1. The van der Waals surface area contributed by atoms with Crippen molar-refractivity contribution in [3.8, 4) is 0 Å². The van der Waals surface area contributed by atoms with Gasteiger partial charge in [0.2, 0.25) is 16.6 Å². The molecule has 1 saturated carbocycles. The number of esters is 1. The molecule has 6 atom stereocenters. The molecule has 2 rings (SSSR count). The van der Waals surface area contributed by atoms with E-state index in [0.717, 1.165) is 0 Å². The minimum absolute atomic E-state index is 0.0658. The first kappa shape index (κ1) is 42.1. The second-order valence-electron chi connectivity index (χ2n) is 17.4. The van der Waals surface area contributed by atoms with Crippen LogP contribution in [0.15, 0.2) is 0 Å². The van der Waals surface area contributed by atoms with Gasteiger partial charge in [0.05, 0.1) is 37.4 Å². The molecule has 0 N–H and O–H groups in total. The Morgan fingerprint density at radius 1 is 0.565 bits per heavy atom. The minimum Gasteiger partial charge on any atom is -0.466 e. The molecule has 0 spiro atoms. The molecule has 272 valence electrons. The first-order valence-corrected chi connectivity index (χ1v) is 25.4. The highest BCUT2D eigenvalue weighted by atomic mass is 28.4. The molecule has 0 aromatic rings. The lowest BCUT2D eigenvalue weighted by Crippen LogP contribution is -2.63. The maximum atomic E-state index is 13.5. The summed E-state index contributed by atoms with van der Waals surface area (Å²) in [6, 6.07) is 0. The summed E-state index contributed by atoms with van der Waals surface area (Å²) in [5.41, 5.74) is 3.84. The number of hydrogen-bond acceptors (Lipinski definition) is 6. The maximum absolute atomic E-state index is 13.5. The van der Waals surface area contributed by atoms with Crippen LogP contribution in [0.2, 0.25) is 49.9 Å². The number of ether oxygens (including phenoxy) is 2. The van der Waals surface area contributed by atoms with Gasteiger partial charge in [-0.15, -0.1) is 0 Å². The van der Waals surface area contributed by atoms with E-state index in [2.05, 4.69) is 125 Å². The van der Waals surface area contributed by atoms with Crippen LogP contribution in [0.3, 0.4) is 0 Å². The highest BCUT2D eigenvalue weighted by Crippen LogP contribution is 2.57. The maximum Gasteiger partial charge on any atom is 0.312 e. The van der Waals surface area contributed by atoms with Gasteiger partial charge >= 0.3 is 5.97 Å². The Hall–Kier alpha value is -0.0394. The summed E-state index contributed by atoms with van der Waals surface area (Å²) in [7, 11) is -6.93. The molecule has 0 bridgehead atoms. The van der Waals surface area contributed by atoms with Gasteiger partial charge in [0, 0.05) is 5.92 Å². The first-order chi connectivity index (χ1) is 21.1. The molecule has 0 unspecified atom stereocenters. The number of rotatable bonds is 18. The van der Waals surface area contributed by atoms with Crippen LogP contribution in [0.25, 0.3) is 0 Å². The Bertz CT molecular complexity index is 897. The van der Waals surface area contributed by atoms with Gasteiger partial charge in [-0.1, -0.05) is 125 Å². The van der Waals surface area contributed by atoms with Gasteiger partial charge in [0.15, 0.2) is 8.32 Å². The topological polar surface area (TPSA) is 63.2 Å². The predicted octanol–water partition coefficient (Wildman–Crippen LogP) is 10.9. The lowest BCUT2D eigenvalue weighted by atomic mass is 10.0. The number of carbonyl (C=O) groups excluding carboxylic acids is 1. The third-order valence-electron chi connectivity index (χ3n) is 12.3. The van der Waals surface area contributed by atoms with Crippen molar-refractivity contribution >= 4 is 30.9 Å². The second kappa shape index (κ2) is 16.3. The van der Waals surface area contributed by atoms with Crippen molar-refractivity contribution < 1.29 is 27.5 Å². The summed E-state index contributed by atoms with van der Waals surface area (Å²) in [4.78, 5) is 13.5. The number of fused-ring (bicyclic) bond motifs is 1. The molecule has 6 nitrogen and oxygen atoms in total. The highest BCUT2D eigenvalue weighted by molar-refractivity contribution is 6.78. The van der Waals surface area contributed by atoms with E-state index >= 15 is 0 Å². The van der Waals surface area contributed by atoms with Gasteiger partial charge < -0.3 is 22.8 Å². The van der Waals surface area contributed by atoms with Crippen LogP contribution in [0.4, 0.5) is 0 Å². The normalized spacial score (nSPS) is 26.2. The zero-order valence-corrected chi connectivity index (χ0v) is 36.5. The zero-order valence-electron chi connectivity index (χ0n) is 33.5. The fourth-order valence-corrected chi connectivity index (χ4v) is 27.2. The third kappa shape index (κ3) is 7.65. The van der Waals surface area contributed by atoms with E-state index < -0.39 is 25.0 Å². The monoisotopic (exact) mass is 700 g/mol. The lowest BCUT2D eigenvalue weighted by molar-refractivity contribution is -0.148. The summed E-state index contributed by atoms with van der Waals surface area (Å²) in [6.07, 6.45) is -1.08. The molecule has 1 aliphatic carbocycles. The van der Waals surface area contributed by atoms with E-state index in [1.807, 2.05) is 6.92 Å². The average Bonchev–Trinajstić information content (AvgIpc) is 3.63. The molecule has 0 radical (unpaired) electrons. The first-order valence-electron chi connectivity index (χ1n) is 18.9. The molecule has 46 heavy (non-hydrogen) atoms. The Labute approximate surface area is 288 Å². The fraction of sp³-hybridized carbons (Fsp3) is 0.973. The molecule has 2 fully saturated rings. The lowest BCUT2D eigenvalue weighted by Gasteiger charge is -2.52. The van der Waals surface area contributed by atoms with Gasteiger partial charge in [-0.05, 0) is 56.8 Å². The highest BCUT2D eigenvalue weighted by Gasteiger charge is 2.69. The second-order valence-corrected chi connectivity index (χ2v) is 33.7. The van der Waals surface area contributed by atoms with Crippen LogP contribution >= 0.6 is 0 Å². The Kier molecular flexibility index (Phi) is 14.9. The smallest absolute Gasteiger partial charge is 0.312 e. The average molecular weight is 701 g/mol. The third-order valence-corrected chi connectivity index (χ3v) is 30.5. The predicted molar refractivity (Wildman–Crippen MR) is 201 cm³/mol. The Morgan fingerprint density at radius 3 is 1.24 bits per heavy atom. The minimum atomic E-state index is -2.38. The molecule has 9 heteroatoms. The molecule has 1 saturated heterocycles. The van der Waals surface area contributed by atoms with Crippen molar-refractivity contribution in [2.24, 2.45) is 11.8 Å². The summed E-state index contributed by atoms with van der Waals surface area (Å²) in [5.74, 6) is -0.550. The van der Waals surface area contributed by atoms with Crippen LogP contribution in [0, 0.1) is 11.8 Å². The van der Waals surface area contributed by atoms with E-state index in [4.69, 9.17) is 22.8 Å². The summed E-state index contributed by atoms with van der Waals surface area (Å²) in [6.45, 7) is 44.9. The summed E-state index contributed by atoms with van der Waals surface area (Å²) >= 11 is 0. The molecular formula is C37H76O6Si3. The Balaban J connectivity index is 2.84. The van der Waals surface area contributed by atoms with Gasteiger partial charge in [-0.25, -0.2) is 0 Å². The molecule has 1 heterocycles. The van der Waals surface area contributed by atoms with Gasteiger partial charge in [0.25, 0.3) is 0 Å². The van der Waals surface area contributed by atoms with Crippen LogP contribution < -0.4 is 0 Å². The Morgan fingerprint density at radius 2 is 0.913 bits per heavy atom. The van der Waals surface area contributed by atoms with Crippen LogP contribution in [0.1, 0.15) is 132 Å². The molecule has 0 aromatic heterocycles. The fourth-order valence-electron chi connectivity index (χ4n) is 10.5. The van der Waals surface area contributed by atoms with E-state index in [1.165, 1.54) is 0 Å². The van der Waals surface area contributed by atoms with Crippen LogP contribution in [0.5, 0.6) is 0 Å². The van der Waals surface area contributed by atoms with Gasteiger partial charge in [0.1, 0.15) is 6.10 Å². The molecular weight excluding hydrogens is 625 g/mol. The summed E-state index contributed by atoms with van der Waals surface area (Å²) in [5, 5.41) is 0. The van der Waals surface area contributed by atoms with E-state index in [9.17, 15) is 4.79 Å². The quantitative estimate of drug-likeness (QED) is 0.105. The van der Waals surface area contributed by atoms with Crippen molar-refractivity contribution in [3.05, 3.63) is 0 Å². The zero-order chi connectivity index (χ0) is 35.7. The van der Waals surface area contributed by atoms with Crippen LogP contribution in [-0.2, 0) is 27.5 Å². The van der Waals surface area contributed by atoms with Gasteiger partial charge in [-0.3, -0.25) is 4.79 Å². The van der Waals surface area contributed by atoms with Crippen LogP contribution in [-0.4, -0.2) is 68.6 Å². The standard InChI is InChI=1S/C37H76O6Si3/c1-20-39-37(38)33-32-35(33)41-31(21-40-44(22(2)3,23(4)5)24(6)7)34(42-45(25(8)9,26(10)11)27(12)13)36(32)43-46(28(14)15,29(16)17)30(18)19/h22-36H,20-21H2,1-19H3/t31-,32-,33+,34-,35+,36-/m1/s1.